The molecule has 0 aromatic heterocycles. The molecule has 0 aliphatic carbocycles. The Morgan fingerprint density at radius 3 is 2.05 bits per heavy atom. The van der Waals surface area contributed by atoms with E-state index in [1.807, 2.05) is 50.2 Å². The van der Waals surface area contributed by atoms with Crippen LogP contribution in [0.1, 0.15) is 27.0 Å². The molecule has 0 atom stereocenters. The summed E-state index contributed by atoms with van der Waals surface area (Å²) in [4.78, 5) is 23.5. The molecule has 1 amide bonds. The Hall–Kier alpha value is -2.62. The molecule has 114 valence electrons. The van der Waals surface area contributed by atoms with Crippen LogP contribution in [-0.2, 0) is 16.1 Å². The fourth-order valence-electron chi connectivity index (χ4n) is 1.86. The smallest absolute Gasteiger partial charge is 0.338 e. The van der Waals surface area contributed by atoms with Crippen molar-refractivity contribution in [2.45, 2.75) is 20.4 Å². The van der Waals surface area contributed by atoms with E-state index < -0.39 is 5.97 Å². The number of esters is 1. The van der Waals surface area contributed by atoms with Gasteiger partial charge in [-0.1, -0.05) is 47.5 Å². The van der Waals surface area contributed by atoms with Gasteiger partial charge in [0.05, 0.1) is 5.56 Å². The molecule has 0 unspecified atom stereocenters. The van der Waals surface area contributed by atoms with Crippen LogP contribution in [0.15, 0.2) is 48.5 Å². The standard InChI is InChI=1S/C18H19NO3/c1-13-3-7-15(8-4-13)11-19-17(20)12-22-18(21)16-9-5-14(2)6-10-16/h3-10H,11-12H2,1-2H3,(H,19,20). The van der Waals surface area contributed by atoms with Gasteiger partial charge in [-0.15, -0.1) is 0 Å². The van der Waals surface area contributed by atoms with Crippen LogP contribution < -0.4 is 5.32 Å². The van der Waals surface area contributed by atoms with Crippen molar-refractivity contribution in [2.75, 3.05) is 6.61 Å². The molecule has 2 aromatic rings. The molecule has 0 saturated heterocycles. The van der Waals surface area contributed by atoms with Crippen LogP contribution in [0, 0.1) is 13.8 Å². The van der Waals surface area contributed by atoms with Crippen molar-refractivity contribution in [3.05, 3.63) is 70.8 Å². The minimum Gasteiger partial charge on any atom is -0.452 e. The molecule has 0 radical (unpaired) electrons. The fourth-order valence-corrected chi connectivity index (χ4v) is 1.86. The highest BCUT2D eigenvalue weighted by Gasteiger charge is 2.09. The molecule has 0 heterocycles. The van der Waals surface area contributed by atoms with E-state index in [4.69, 9.17) is 4.74 Å². The molecular weight excluding hydrogens is 278 g/mol. The summed E-state index contributed by atoms with van der Waals surface area (Å²) in [5.41, 5.74) is 3.68. The van der Waals surface area contributed by atoms with E-state index in [-0.39, 0.29) is 12.5 Å². The molecule has 0 fully saturated rings. The predicted molar refractivity (Wildman–Crippen MR) is 84.5 cm³/mol. The molecular formula is C18H19NO3. The largest absolute Gasteiger partial charge is 0.452 e. The van der Waals surface area contributed by atoms with Gasteiger partial charge in [-0.05, 0) is 31.5 Å². The maximum absolute atomic E-state index is 11.8. The summed E-state index contributed by atoms with van der Waals surface area (Å²) in [6.07, 6.45) is 0. The molecule has 0 aliphatic heterocycles. The predicted octanol–water partition coefficient (Wildman–Crippen LogP) is 2.78. The van der Waals surface area contributed by atoms with Crippen LogP contribution in [0.2, 0.25) is 0 Å². The number of hydrogen-bond donors (Lipinski definition) is 1. The van der Waals surface area contributed by atoms with Gasteiger partial charge >= 0.3 is 5.97 Å². The third-order valence-electron chi connectivity index (χ3n) is 3.23. The number of aryl methyl sites for hydroxylation is 2. The first kappa shape index (κ1) is 15.8. The highest BCUT2D eigenvalue weighted by atomic mass is 16.5. The third kappa shape index (κ3) is 4.74. The van der Waals surface area contributed by atoms with Crippen LogP contribution >= 0.6 is 0 Å². The van der Waals surface area contributed by atoms with Crippen LogP contribution in [-0.4, -0.2) is 18.5 Å². The highest BCUT2D eigenvalue weighted by Crippen LogP contribution is 2.05. The summed E-state index contributed by atoms with van der Waals surface area (Å²) in [6.45, 7) is 4.08. The second-order valence-electron chi connectivity index (χ2n) is 5.20. The van der Waals surface area contributed by atoms with E-state index in [0.717, 1.165) is 11.1 Å². The summed E-state index contributed by atoms with van der Waals surface area (Å²) in [5, 5.41) is 2.72. The Kier molecular flexibility index (Phi) is 5.31. The lowest BCUT2D eigenvalue weighted by atomic mass is 10.1. The number of carbonyl (C=O) groups is 2. The van der Waals surface area contributed by atoms with Crippen molar-refractivity contribution in [3.8, 4) is 0 Å². The van der Waals surface area contributed by atoms with E-state index in [1.165, 1.54) is 5.56 Å². The van der Waals surface area contributed by atoms with Gasteiger partial charge < -0.3 is 10.1 Å². The van der Waals surface area contributed by atoms with Gasteiger partial charge in [0.15, 0.2) is 6.61 Å². The topological polar surface area (TPSA) is 55.4 Å². The van der Waals surface area contributed by atoms with Gasteiger partial charge in [0, 0.05) is 6.54 Å². The number of ether oxygens (including phenoxy) is 1. The van der Waals surface area contributed by atoms with Gasteiger partial charge in [-0.2, -0.15) is 0 Å². The number of carbonyl (C=O) groups excluding carboxylic acids is 2. The third-order valence-corrected chi connectivity index (χ3v) is 3.23. The highest BCUT2D eigenvalue weighted by molar-refractivity contribution is 5.91. The summed E-state index contributed by atoms with van der Waals surface area (Å²) < 4.78 is 4.99. The molecule has 0 saturated carbocycles. The van der Waals surface area contributed by atoms with E-state index in [9.17, 15) is 9.59 Å². The Bertz CT molecular complexity index is 645. The van der Waals surface area contributed by atoms with Crippen LogP contribution in [0.5, 0.6) is 0 Å². The summed E-state index contributed by atoms with van der Waals surface area (Å²) in [7, 11) is 0. The Morgan fingerprint density at radius 2 is 1.45 bits per heavy atom. The van der Waals surface area contributed by atoms with Gasteiger partial charge in [0.2, 0.25) is 0 Å². The van der Waals surface area contributed by atoms with Crippen molar-refractivity contribution < 1.29 is 14.3 Å². The second kappa shape index (κ2) is 7.41. The van der Waals surface area contributed by atoms with E-state index in [1.54, 1.807) is 12.1 Å². The lowest BCUT2D eigenvalue weighted by molar-refractivity contribution is -0.124. The maximum Gasteiger partial charge on any atom is 0.338 e. The summed E-state index contributed by atoms with van der Waals surface area (Å²) >= 11 is 0. The van der Waals surface area contributed by atoms with Crippen LogP contribution in [0.25, 0.3) is 0 Å². The van der Waals surface area contributed by atoms with Crippen molar-refractivity contribution in [3.63, 3.8) is 0 Å². The van der Waals surface area contributed by atoms with Crippen LogP contribution in [0.3, 0.4) is 0 Å². The average Bonchev–Trinajstić information content (AvgIpc) is 2.52. The average molecular weight is 297 g/mol. The molecule has 2 aromatic carbocycles. The SMILES string of the molecule is Cc1ccc(CNC(=O)COC(=O)c2ccc(C)cc2)cc1. The molecule has 22 heavy (non-hydrogen) atoms. The molecule has 0 spiro atoms. The minimum atomic E-state index is -0.495. The quantitative estimate of drug-likeness (QED) is 0.863. The normalized spacial score (nSPS) is 10.1. The van der Waals surface area contributed by atoms with E-state index in [0.29, 0.717) is 12.1 Å². The summed E-state index contributed by atoms with van der Waals surface area (Å²) in [6, 6.07) is 14.9. The number of rotatable bonds is 5. The fraction of sp³-hybridized carbons (Fsp3) is 0.222. The van der Waals surface area contributed by atoms with Gasteiger partial charge in [-0.25, -0.2) is 4.79 Å². The second-order valence-corrected chi connectivity index (χ2v) is 5.20. The zero-order chi connectivity index (χ0) is 15.9. The summed E-state index contributed by atoms with van der Waals surface area (Å²) in [5.74, 6) is -0.813. The minimum absolute atomic E-state index is 0.279. The molecule has 0 aliphatic rings. The van der Waals surface area contributed by atoms with Crippen molar-refractivity contribution in [2.24, 2.45) is 0 Å². The van der Waals surface area contributed by atoms with Gasteiger partial charge in [0.1, 0.15) is 0 Å². The molecule has 4 nitrogen and oxygen atoms in total. The Balaban J connectivity index is 1.76. The lowest BCUT2D eigenvalue weighted by Gasteiger charge is -2.07. The first-order valence-electron chi connectivity index (χ1n) is 7.10. The lowest BCUT2D eigenvalue weighted by Crippen LogP contribution is -2.28. The van der Waals surface area contributed by atoms with E-state index >= 15 is 0 Å². The number of hydrogen-bond acceptors (Lipinski definition) is 3. The Morgan fingerprint density at radius 1 is 0.909 bits per heavy atom. The Labute approximate surface area is 130 Å². The van der Waals surface area contributed by atoms with Crippen molar-refractivity contribution in [1.29, 1.82) is 0 Å². The van der Waals surface area contributed by atoms with E-state index in [2.05, 4.69) is 5.32 Å². The first-order valence-corrected chi connectivity index (χ1v) is 7.10. The maximum atomic E-state index is 11.8. The first-order chi connectivity index (χ1) is 10.5. The number of nitrogens with one attached hydrogen (secondary N) is 1. The monoisotopic (exact) mass is 297 g/mol. The molecule has 2 rings (SSSR count). The van der Waals surface area contributed by atoms with Crippen molar-refractivity contribution >= 4 is 11.9 Å². The zero-order valence-electron chi connectivity index (χ0n) is 12.8. The number of benzene rings is 2. The van der Waals surface area contributed by atoms with Gasteiger partial charge in [0.25, 0.3) is 5.91 Å². The van der Waals surface area contributed by atoms with Gasteiger partial charge in [-0.3, -0.25) is 4.79 Å². The molecule has 4 heteroatoms. The molecule has 0 bridgehead atoms. The van der Waals surface area contributed by atoms with Crippen molar-refractivity contribution in [1.82, 2.24) is 5.32 Å². The zero-order valence-corrected chi connectivity index (χ0v) is 12.8. The number of amides is 1. The van der Waals surface area contributed by atoms with Crippen LogP contribution in [0.4, 0.5) is 0 Å². The molecule has 1 N–H and O–H groups in total.